The molecule has 10 heteroatoms. The first-order chi connectivity index (χ1) is 16.6. The van der Waals surface area contributed by atoms with Gasteiger partial charge >= 0.3 is 5.97 Å². The first-order valence-corrected chi connectivity index (χ1v) is 13.9. The minimum atomic E-state index is -4.00. The second kappa shape index (κ2) is 9.30. The molecule has 6 rings (SSSR count). The molecule has 0 radical (unpaired) electrons. The summed E-state index contributed by atoms with van der Waals surface area (Å²) in [5.41, 5.74) is 0.0000866. The normalized spacial score (nSPS) is 26.9. The Bertz CT molecular complexity index is 1230. The van der Waals surface area contributed by atoms with E-state index < -0.39 is 22.6 Å². The zero-order valence-electron chi connectivity index (χ0n) is 18.9. The number of nitrogens with one attached hydrogen (secondary N) is 2. The van der Waals surface area contributed by atoms with E-state index in [0.29, 0.717) is 28.5 Å². The van der Waals surface area contributed by atoms with Crippen molar-refractivity contribution < 1.29 is 22.7 Å². The fourth-order valence-electron chi connectivity index (χ4n) is 6.36. The third-order valence-electron chi connectivity index (χ3n) is 7.34. The molecule has 0 spiro atoms. The molecule has 0 saturated heterocycles. The van der Waals surface area contributed by atoms with Gasteiger partial charge in [-0.25, -0.2) is 13.2 Å². The van der Waals surface area contributed by atoms with Crippen molar-refractivity contribution in [3.8, 4) is 0 Å². The standard InChI is InChI=1S/C25H26Cl2N2O5S/c26-18-1-3-19(4-2-18)29-35(32,33)20-5-6-22(27)21(10-20)24(31)34-14-23(30)28-25-11-15-7-16(12-25)9-17(8-15)13-25/h1-6,10,15-17,29H,7-9,11-14H2,(H,28,30). The molecule has 0 aromatic heterocycles. The van der Waals surface area contributed by atoms with Gasteiger partial charge in [0.1, 0.15) is 0 Å². The van der Waals surface area contributed by atoms with Gasteiger partial charge in [-0.3, -0.25) is 9.52 Å². The van der Waals surface area contributed by atoms with Gasteiger partial charge in [0.15, 0.2) is 6.61 Å². The van der Waals surface area contributed by atoms with E-state index in [1.165, 1.54) is 43.5 Å². The van der Waals surface area contributed by atoms with Crippen LogP contribution in [0.5, 0.6) is 0 Å². The summed E-state index contributed by atoms with van der Waals surface area (Å²) in [6.45, 7) is -0.448. The highest BCUT2D eigenvalue weighted by Crippen LogP contribution is 2.55. The minimum absolute atomic E-state index is 0.0296. The van der Waals surface area contributed by atoms with E-state index in [-0.39, 0.29) is 26.9 Å². The molecule has 0 heterocycles. The van der Waals surface area contributed by atoms with Crippen LogP contribution in [0.1, 0.15) is 48.9 Å². The lowest BCUT2D eigenvalue weighted by Crippen LogP contribution is -2.60. The molecule has 7 nitrogen and oxygen atoms in total. The number of amides is 1. The van der Waals surface area contributed by atoms with Crippen LogP contribution in [0.15, 0.2) is 47.4 Å². The number of halogens is 2. The van der Waals surface area contributed by atoms with Gasteiger partial charge in [-0.2, -0.15) is 0 Å². The van der Waals surface area contributed by atoms with Crippen LogP contribution in [0, 0.1) is 17.8 Å². The molecule has 186 valence electrons. The van der Waals surface area contributed by atoms with Gasteiger partial charge in [0, 0.05) is 16.2 Å². The Balaban J connectivity index is 1.23. The van der Waals surface area contributed by atoms with Crippen LogP contribution in [0.25, 0.3) is 0 Å². The van der Waals surface area contributed by atoms with Crippen molar-refractivity contribution in [2.45, 2.75) is 49.0 Å². The maximum absolute atomic E-state index is 12.8. The van der Waals surface area contributed by atoms with Crippen LogP contribution in [-0.2, 0) is 19.6 Å². The SMILES string of the molecule is O=C(COC(=O)c1cc(S(=O)(=O)Nc2ccc(Cl)cc2)ccc1Cl)NC12CC3CC(CC(C3)C1)C2. The van der Waals surface area contributed by atoms with Crippen LogP contribution in [0.4, 0.5) is 5.69 Å². The predicted octanol–water partition coefficient (Wildman–Crippen LogP) is 5.04. The van der Waals surface area contributed by atoms with Crippen molar-refractivity contribution in [1.82, 2.24) is 5.32 Å². The molecule has 4 saturated carbocycles. The van der Waals surface area contributed by atoms with Gasteiger partial charge in [-0.15, -0.1) is 0 Å². The predicted molar refractivity (Wildman–Crippen MR) is 133 cm³/mol. The maximum atomic E-state index is 12.8. The number of hydrogen-bond donors (Lipinski definition) is 2. The van der Waals surface area contributed by atoms with E-state index >= 15 is 0 Å². The lowest BCUT2D eigenvalue weighted by atomic mass is 9.53. The molecule has 2 aromatic carbocycles. The fourth-order valence-corrected chi connectivity index (χ4v) is 7.77. The molecule has 4 fully saturated rings. The smallest absolute Gasteiger partial charge is 0.340 e. The van der Waals surface area contributed by atoms with Crippen molar-refractivity contribution in [3.05, 3.63) is 58.1 Å². The monoisotopic (exact) mass is 536 g/mol. The van der Waals surface area contributed by atoms with Gasteiger partial charge in [-0.05, 0) is 98.7 Å². The quantitative estimate of drug-likeness (QED) is 0.483. The summed E-state index contributed by atoms with van der Waals surface area (Å²) in [6.07, 6.45) is 6.75. The Morgan fingerprint density at radius 1 is 0.943 bits per heavy atom. The molecule has 0 unspecified atom stereocenters. The van der Waals surface area contributed by atoms with Gasteiger partial charge in [0.05, 0.1) is 15.5 Å². The summed E-state index contributed by atoms with van der Waals surface area (Å²) in [6, 6.07) is 9.89. The number of sulfonamides is 1. The lowest BCUT2D eigenvalue weighted by Gasteiger charge is -2.56. The van der Waals surface area contributed by atoms with Gasteiger partial charge in [0.2, 0.25) is 0 Å². The second-order valence-corrected chi connectivity index (χ2v) is 12.6. The highest BCUT2D eigenvalue weighted by atomic mass is 35.5. The first-order valence-electron chi connectivity index (χ1n) is 11.7. The third-order valence-corrected chi connectivity index (χ3v) is 9.30. The van der Waals surface area contributed by atoms with Crippen LogP contribution in [0.3, 0.4) is 0 Å². The van der Waals surface area contributed by atoms with Crippen molar-refractivity contribution in [2.75, 3.05) is 11.3 Å². The number of esters is 1. The first kappa shape index (κ1) is 24.4. The molecule has 0 atom stereocenters. The highest BCUT2D eigenvalue weighted by Gasteiger charge is 2.51. The molecule has 4 aliphatic carbocycles. The van der Waals surface area contributed by atoms with Crippen molar-refractivity contribution in [3.63, 3.8) is 0 Å². The Morgan fingerprint density at radius 2 is 1.54 bits per heavy atom. The largest absolute Gasteiger partial charge is 0.452 e. The fraction of sp³-hybridized carbons (Fsp3) is 0.440. The van der Waals surface area contributed by atoms with Gasteiger partial charge in [-0.1, -0.05) is 23.2 Å². The number of ether oxygens (including phenoxy) is 1. The van der Waals surface area contributed by atoms with Crippen LogP contribution in [-0.4, -0.2) is 32.4 Å². The zero-order valence-corrected chi connectivity index (χ0v) is 21.3. The van der Waals surface area contributed by atoms with Gasteiger partial charge < -0.3 is 10.1 Å². The molecule has 0 aliphatic heterocycles. The number of carbonyl (C=O) groups is 2. The van der Waals surface area contributed by atoms with Crippen molar-refractivity contribution in [2.24, 2.45) is 17.8 Å². The summed E-state index contributed by atoms with van der Waals surface area (Å²) in [5.74, 6) is 0.820. The average molecular weight is 537 g/mol. The van der Waals surface area contributed by atoms with Crippen molar-refractivity contribution >= 4 is 50.8 Å². The topological polar surface area (TPSA) is 102 Å². The zero-order chi connectivity index (χ0) is 24.8. The number of benzene rings is 2. The van der Waals surface area contributed by atoms with Gasteiger partial charge in [0.25, 0.3) is 15.9 Å². The van der Waals surface area contributed by atoms with Crippen LogP contribution < -0.4 is 10.0 Å². The molecule has 2 N–H and O–H groups in total. The average Bonchev–Trinajstić information content (AvgIpc) is 2.78. The van der Waals surface area contributed by atoms with E-state index in [2.05, 4.69) is 10.0 Å². The summed E-state index contributed by atoms with van der Waals surface area (Å²) < 4.78 is 33.2. The third kappa shape index (κ3) is 5.29. The number of anilines is 1. The molecular weight excluding hydrogens is 511 g/mol. The maximum Gasteiger partial charge on any atom is 0.340 e. The number of hydrogen-bond acceptors (Lipinski definition) is 5. The molecule has 2 aromatic rings. The van der Waals surface area contributed by atoms with E-state index in [9.17, 15) is 18.0 Å². The number of carbonyl (C=O) groups excluding carboxylic acids is 2. The minimum Gasteiger partial charge on any atom is -0.452 e. The van der Waals surface area contributed by atoms with E-state index in [1.807, 2.05) is 0 Å². The number of rotatable bonds is 7. The lowest BCUT2D eigenvalue weighted by molar-refractivity contribution is -0.130. The van der Waals surface area contributed by atoms with E-state index in [4.69, 9.17) is 27.9 Å². The second-order valence-electron chi connectivity index (χ2n) is 10.1. The molecule has 1 amide bonds. The van der Waals surface area contributed by atoms with E-state index in [1.54, 1.807) is 12.1 Å². The Morgan fingerprint density at radius 3 is 2.14 bits per heavy atom. The molecule has 4 bridgehead atoms. The Hall–Kier alpha value is -2.29. The molecule has 35 heavy (non-hydrogen) atoms. The van der Waals surface area contributed by atoms with E-state index in [0.717, 1.165) is 25.3 Å². The van der Waals surface area contributed by atoms with Crippen LogP contribution in [0.2, 0.25) is 10.0 Å². The summed E-state index contributed by atoms with van der Waals surface area (Å²) in [7, 11) is -4.00. The molecule has 4 aliphatic rings. The Kier molecular flexibility index (Phi) is 6.48. The van der Waals surface area contributed by atoms with Crippen LogP contribution >= 0.6 is 23.2 Å². The summed E-state index contributed by atoms with van der Waals surface area (Å²) in [4.78, 5) is 25.2. The molecular formula is C25H26Cl2N2O5S. The summed E-state index contributed by atoms with van der Waals surface area (Å²) >= 11 is 12.0. The summed E-state index contributed by atoms with van der Waals surface area (Å²) in [5, 5.41) is 3.65. The van der Waals surface area contributed by atoms with Crippen molar-refractivity contribution in [1.29, 1.82) is 0 Å². The highest BCUT2D eigenvalue weighted by molar-refractivity contribution is 7.92. The Labute approximate surface area is 214 Å².